The van der Waals surface area contributed by atoms with Crippen LogP contribution in [0.1, 0.15) is 25.8 Å². The Bertz CT molecular complexity index is 324. The summed E-state index contributed by atoms with van der Waals surface area (Å²) < 4.78 is 10.8. The van der Waals surface area contributed by atoms with Gasteiger partial charge in [-0.25, -0.2) is 0 Å². The number of methoxy groups -OCH3 is 1. The number of nitrogens with one attached hydrogen (secondary N) is 1. The van der Waals surface area contributed by atoms with Crippen molar-refractivity contribution in [2.75, 3.05) is 20.8 Å². The predicted octanol–water partition coefficient (Wildman–Crippen LogP) is 2.64. The molecule has 0 heterocycles. The minimum atomic E-state index is 0.187. The van der Waals surface area contributed by atoms with Crippen molar-refractivity contribution in [3.63, 3.8) is 0 Å². The first-order chi connectivity index (χ1) is 8.65. The minimum absolute atomic E-state index is 0.187. The monoisotopic (exact) mass is 251 g/mol. The number of hydrogen-bond donors (Lipinski definition) is 1. The van der Waals surface area contributed by atoms with E-state index in [1.807, 2.05) is 19.2 Å². The van der Waals surface area contributed by atoms with E-state index in [0.29, 0.717) is 6.04 Å². The summed E-state index contributed by atoms with van der Waals surface area (Å²) in [5.74, 6) is 0.930. The second kappa shape index (κ2) is 8.11. The molecule has 0 aliphatic heterocycles. The quantitative estimate of drug-likeness (QED) is 0.770. The highest BCUT2D eigenvalue weighted by molar-refractivity contribution is 5.27. The maximum Gasteiger partial charge on any atom is 0.119 e. The van der Waals surface area contributed by atoms with Gasteiger partial charge in [-0.05, 0) is 45.0 Å². The van der Waals surface area contributed by atoms with Gasteiger partial charge in [-0.2, -0.15) is 0 Å². The molecular formula is C15H25NO2. The first-order valence-corrected chi connectivity index (χ1v) is 6.57. The van der Waals surface area contributed by atoms with Crippen LogP contribution in [0.3, 0.4) is 0 Å². The zero-order valence-electron chi connectivity index (χ0n) is 11.9. The van der Waals surface area contributed by atoms with Gasteiger partial charge < -0.3 is 14.8 Å². The zero-order valence-corrected chi connectivity index (χ0v) is 11.9. The SMILES string of the molecule is CNC(C)Cc1ccc(OC(C)CCOC)cc1. The van der Waals surface area contributed by atoms with E-state index < -0.39 is 0 Å². The van der Waals surface area contributed by atoms with Crippen LogP contribution in [-0.2, 0) is 11.2 Å². The lowest BCUT2D eigenvalue weighted by Crippen LogP contribution is -2.23. The van der Waals surface area contributed by atoms with Crippen LogP contribution in [-0.4, -0.2) is 32.9 Å². The molecule has 18 heavy (non-hydrogen) atoms. The number of benzene rings is 1. The lowest BCUT2D eigenvalue weighted by Gasteiger charge is -2.15. The van der Waals surface area contributed by atoms with Crippen molar-refractivity contribution in [3.05, 3.63) is 29.8 Å². The van der Waals surface area contributed by atoms with Crippen LogP contribution in [0.25, 0.3) is 0 Å². The lowest BCUT2D eigenvalue weighted by atomic mass is 10.1. The molecular weight excluding hydrogens is 226 g/mol. The smallest absolute Gasteiger partial charge is 0.119 e. The molecule has 0 amide bonds. The topological polar surface area (TPSA) is 30.5 Å². The Hall–Kier alpha value is -1.06. The Labute approximate surface area is 110 Å². The number of hydrogen-bond acceptors (Lipinski definition) is 3. The van der Waals surface area contributed by atoms with Gasteiger partial charge in [0.1, 0.15) is 5.75 Å². The molecule has 0 aliphatic carbocycles. The van der Waals surface area contributed by atoms with Crippen LogP contribution in [0.4, 0.5) is 0 Å². The standard InChI is InChI=1S/C15H25NO2/c1-12(16-3)11-14-5-7-15(8-6-14)18-13(2)9-10-17-4/h5-8,12-13,16H,9-11H2,1-4H3. The van der Waals surface area contributed by atoms with Gasteiger partial charge in [0.2, 0.25) is 0 Å². The van der Waals surface area contributed by atoms with Crippen molar-refractivity contribution in [2.45, 2.75) is 38.8 Å². The molecule has 0 aromatic heterocycles. The molecule has 2 atom stereocenters. The van der Waals surface area contributed by atoms with Gasteiger partial charge in [-0.3, -0.25) is 0 Å². The lowest BCUT2D eigenvalue weighted by molar-refractivity contribution is 0.135. The van der Waals surface area contributed by atoms with E-state index in [1.54, 1.807) is 7.11 Å². The summed E-state index contributed by atoms with van der Waals surface area (Å²) >= 11 is 0. The Balaban J connectivity index is 2.44. The third-order valence-corrected chi connectivity index (χ3v) is 3.02. The van der Waals surface area contributed by atoms with Gasteiger partial charge in [0, 0.05) is 26.2 Å². The van der Waals surface area contributed by atoms with Crippen LogP contribution in [0.15, 0.2) is 24.3 Å². The van der Waals surface area contributed by atoms with Gasteiger partial charge in [0.25, 0.3) is 0 Å². The molecule has 0 aliphatic rings. The highest BCUT2D eigenvalue weighted by atomic mass is 16.5. The third kappa shape index (κ3) is 5.52. The van der Waals surface area contributed by atoms with Crippen LogP contribution in [0.5, 0.6) is 5.75 Å². The normalized spacial score (nSPS) is 14.2. The van der Waals surface area contributed by atoms with Crippen LogP contribution < -0.4 is 10.1 Å². The van der Waals surface area contributed by atoms with Crippen molar-refractivity contribution in [3.8, 4) is 5.75 Å². The van der Waals surface area contributed by atoms with Crippen molar-refractivity contribution < 1.29 is 9.47 Å². The third-order valence-electron chi connectivity index (χ3n) is 3.02. The fourth-order valence-corrected chi connectivity index (χ4v) is 1.73. The molecule has 3 heteroatoms. The summed E-state index contributed by atoms with van der Waals surface area (Å²) in [5.41, 5.74) is 1.33. The van der Waals surface area contributed by atoms with Crippen molar-refractivity contribution in [2.24, 2.45) is 0 Å². The number of ether oxygens (including phenoxy) is 2. The summed E-state index contributed by atoms with van der Waals surface area (Å²) in [7, 11) is 3.70. The average Bonchev–Trinajstić information content (AvgIpc) is 2.38. The highest BCUT2D eigenvalue weighted by Gasteiger charge is 2.05. The largest absolute Gasteiger partial charge is 0.491 e. The molecule has 0 radical (unpaired) electrons. The Morgan fingerprint density at radius 3 is 2.39 bits per heavy atom. The van der Waals surface area contributed by atoms with E-state index in [4.69, 9.17) is 9.47 Å². The zero-order chi connectivity index (χ0) is 13.4. The fraction of sp³-hybridized carbons (Fsp3) is 0.600. The molecule has 0 fully saturated rings. The summed E-state index contributed by atoms with van der Waals surface area (Å²) in [6.45, 7) is 4.98. The van der Waals surface area contributed by atoms with Gasteiger partial charge in [0.05, 0.1) is 6.10 Å². The first-order valence-electron chi connectivity index (χ1n) is 6.57. The molecule has 0 bridgehead atoms. The van der Waals surface area contributed by atoms with Crippen molar-refractivity contribution >= 4 is 0 Å². The van der Waals surface area contributed by atoms with E-state index in [0.717, 1.165) is 25.2 Å². The minimum Gasteiger partial charge on any atom is -0.491 e. The first kappa shape index (κ1) is 15.0. The molecule has 1 rings (SSSR count). The van der Waals surface area contributed by atoms with E-state index in [9.17, 15) is 0 Å². The van der Waals surface area contributed by atoms with Crippen LogP contribution in [0, 0.1) is 0 Å². The van der Waals surface area contributed by atoms with E-state index in [-0.39, 0.29) is 6.10 Å². The Morgan fingerprint density at radius 2 is 1.83 bits per heavy atom. The summed E-state index contributed by atoms with van der Waals surface area (Å²) in [4.78, 5) is 0. The van der Waals surface area contributed by atoms with Gasteiger partial charge >= 0.3 is 0 Å². The molecule has 1 N–H and O–H groups in total. The van der Waals surface area contributed by atoms with Gasteiger partial charge in [0.15, 0.2) is 0 Å². The van der Waals surface area contributed by atoms with Crippen molar-refractivity contribution in [1.29, 1.82) is 0 Å². The second-order valence-electron chi connectivity index (χ2n) is 4.75. The van der Waals surface area contributed by atoms with E-state index in [1.165, 1.54) is 5.56 Å². The average molecular weight is 251 g/mol. The molecule has 0 spiro atoms. The Morgan fingerprint density at radius 1 is 1.17 bits per heavy atom. The second-order valence-corrected chi connectivity index (χ2v) is 4.75. The maximum atomic E-state index is 5.81. The van der Waals surface area contributed by atoms with Gasteiger partial charge in [-0.1, -0.05) is 12.1 Å². The maximum absolute atomic E-state index is 5.81. The summed E-state index contributed by atoms with van der Waals surface area (Å²) in [6, 6.07) is 8.85. The number of likely N-dealkylation sites (N-methyl/N-ethyl adjacent to an activating group) is 1. The molecule has 2 unspecified atom stereocenters. The van der Waals surface area contributed by atoms with Crippen LogP contribution in [0.2, 0.25) is 0 Å². The Kier molecular flexibility index (Phi) is 6.76. The molecule has 1 aromatic rings. The highest BCUT2D eigenvalue weighted by Crippen LogP contribution is 2.15. The van der Waals surface area contributed by atoms with Gasteiger partial charge in [-0.15, -0.1) is 0 Å². The van der Waals surface area contributed by atoms with Crippen molar-refractivity contribution in [1.82, 2.24) is 5.32 Å². The summed E-state index contributed by atoms with van der Waals surface area (Å²) in [5, 5.41) is 3.24. The van der Waals surface area contributed by atoms with E-state index in [2.05, 4.69) is 31.3 Å². The molecule has 0 saturated heterocycles. The summed E-state index contributed by atoms with van der Waals surface area (Å²) in [6.07, 6.45) is 2.14. The molecule has 3 nitrogen and oxygen atoms in total. The van der Waals surface area contributed by atoms with E-state index >= 15 is 0 Å². The molecule has 1 aromatic carbocycles. The molecule has 0 saturated carbocycles. The predicted molar refractivity (Wildman–Crippen MR) is 75.3 cm³/mol. The molecule has 102 valence electrons. The fourth-order valence-electron chi connectivity index (χ4n) is 1.73. The van der Waals surface area contributed by atoms with Crippen LogP contribution >= 0.6 is 0 Å². The number of rotatable bonds is 8.